The van der Waals surface area contributed by atoms with E-state index in [-0.39, 0.29) is 0 Å². The Morgan fingerprint density at radius 1 is 1.06 bits per heavy atom. The molecule has 0 aliphatic carbocycles. The van der Waals surface area contributed by atoms with E-state index in [0.717, 1.165) is 25.2 Å². The summed E-state index contributed by atoms with van der Waals surface area (Å²) in [4.78, 5) is 29.8. The third-order valence-electron chi connectivity index (χ3n) is 1.97. The van der Waals surface area contributed by atoms with Crippen molar-refractivity contribution >= 4 is 17.1 Å². The van der Waals surface area contributed by atoms with Gasteiger partial charge in [0.25, 0.3) is 0 Å². The van der Waals surface area contributed by atoms with E-state index in [1.807, 2.05) is 0 Å². The fourth-order valence-corrected chi connectivity index (χ4v) is 1.20. The minimum absolute atomic E-state index is 0.352. The third kappa shape index (κ3) is 2.25. The number of para-hydroxylation sites is 1. The van der Waals surface area contributed by atoms with Crippen LogP contribution in [0.4, 0.5) is 17.1 Å². The Labute approximate surface area is 93.5 Å². The Kier molecular flexibility index (Phi) is 3.17. The van der Waals surface area contributed by atoms with E-state index in [2.05, 4.69) is 0 Å². The van der Waals surface area contributed by atoms with Crippen molar-refractivity contribution in [3.8, 4) is 0 Å². The normalized spacial score (nSPS) is 9.71. The molecule has 10 heteroatoms. The van der Waals surface area contributed by atoms with Crippen LogP contribution in [0.5, 0.6) is 0 Å². The van der Waals surface area contributed by atoms with Gasteiger partial charge in [-0.3, -0.25) is 20.2 Å². The van der Waals surface area contributed by atoms with Gasteiger partial charge in [-0.1, -0.05) is 11.1 Å². The number of benzene rings is 1. The van der Waals surface area contributed by atoms with Crippen molar-refractivity contribution in [3.05, 3.63) is 48.5 Å². The highest BCUT2D eigenvalue weighted by molar-refractivity contribution is 5.71. The predicted molar refractivity (Wildman–Crippen MR) is 55.1 cm³/mol. The second kappa shape index (κ2) is 4.38. The van der Waals surface area contributed by atoms with E-state index in [1.165, 1.54) is 0 Å². The highest BCUT2D eigenvalue weighted by atomic mass is 16.7. The van der Waals surface area contributed by atoms with Crippen LogP contribution >= 0.6 is 0 Å². The Morgan fingerprint density at radius 2 is 1.65 bits per heavy atom. The summed E-state index contributed by atoms with van der Waals surface area (Å²) in [5, 5.41) is 31.2. The van der Waals surface area contributed by atoms with Gasteiger partial charge >= 0.3 is 11.4 Å². The molecule has 0 atom stereocenters. The molecule has 0 aliphatic rings. The van der Waals surface area contributed by atoms with Crippen molar-refractivity contribution in [3.63, 3.8) is 0 Å². The molecule has 0 bridgehead atoms. The van der Waals surface area contributed by atoms with E-state index in [1.54, 1.807) is 0 Å². The molecule has 17 heavy (non-hydrogen) atoms. The lowest BCUT2D eigenvalue weighted by Crippen LogP contribution is -2.25. The quantitative estimate of drug-likeness (QED) is 0.570. The molecular formula is C7H6N4O6. The molecule has 0 saturated carbocycles. The molecule has 0 N–H and O–H groups in total. The van der Waals surface area contributed by atoms with Gasteiger partial charge in [0, 0.05) is 6.07 Å². The number of anilines is 1. The fourth-order valence-electron chi connectivity index (χ4n) is 1.20. The highest BCUT2D eigenvalue weighted by Gasteiger charge is 2.33. The van der Waals surface area contributed by atoms with Gasteiger partial charge in [-0.05, 0) is 6.07 Å². The summed E-state index contributed by atoms with van der Waals surface area (Å²) >= 11 is 0. The third-order valence-corrected chi connectivity index (χ3v) is 1.97. The van der Waals surface area contributed by atoms with Crippen LogP contribution in [0, 0.1) is 30.3 Å². The van der Waals surface area contributed by atoms with Crippen molar-refractivity contribution in [1.29, 1.82) is 0 Å². The molecule has 90 valence electrons. The summed E-state index contributed by atoms with van der Waals surface area (Å²) in [5.41, 5.74) is -2.15. The van der Waals surface area contributed by atoms with Crippen LogP contribution in [-0.2, 0) is 0 Å². The lowest BCUT2D eigenvalue weighted by Gasteiger charge is -2.07. The van der Waals surface area contributed by atoms with Gasteiger partial charge in [0.15, 0.2) is 10.7 Å². The molecule has 1 rings (SSSR count). The number of hydrogen-bond donors (Lipinski definition) is 0. The second-order valence-electron chi connectivity index (χ2n) is 2.92. The molecule has 0 aliphatic heterocycles. The Balaban J connectivity index is 3.50. The number of nitrogens with zero attached hydrogens (tertiary/aromatic N) is 4. The van der Waals surface area contributed by atoms with Crippen LogP contribution in [0.15, 0.2) is 18.2 Å². The maximum absolute atomic E-state index is 10.7. The molecule has 0 unspecified atom stereocenters. The number of hydrazine groups is 1. The topological polar surface area (TPSA) is 133 Å². The first-order valence-electron chi connectivity index (χ1n) is 4.16. The molecule has 0 spiro atoms. The smallest absolute Gasteiger partial charge is 0.258 e. The number of rotatable bonds is 4. The van der Waals surface area contributed by atoms with Gasteiger partial charge in [0.05, 0.1) is 16.9 Å². The van der Waals surface area contributed by atoms with Crippen molar-refractivity contribution in [2.24, 2.45) is 0 Å². The van der Waals surface area contributed by atoms with E-state index >= 15 is 0 Å². The number of nitro groups is 3. The minimum Gasteiger partial charge on any atom is -0.258 e. The number of hydrogen-bond acceptors (Lipinski definition) is 6. The van der Waals surface area contributed by atoms with E-state index in [9.17, 15) is 30.3 Å². The first kappa shape index (κ1) is 12.3. The van der Waals surface area contributed by atoms with Crippen LogP contribution in [0.1, 0.15) is 0 Å². The second-order valence-corrected chi connectivity index (χ2v) is 2.92. The zero-order valence-electron chi connectivity index (χ0n) is 8.47. The maximum Gasteiger partial charge on any atom is 0.375 e. The van der Waals surface area contributed by atoms with Crippen LogP contribution in [-0.4, -0.2) is 21.9 Å². The summed E-state index contributed by atoms with van der Waals surface area (Å²) in [5.74, 6) is 0. The van der Waals surface area contributed by atoms with E-state index in [4.69, 9.17) is 0 Å². The Bertz CT molecular complexity index is 501. The molecule has 0 amide bonds. The van der Waals surface area contributed by atoms with E-state index < -0.39 is 31.9 Å². The monoisotopic (exact) mass is 242 g/mol. The standard InChI is InChI=1S/C7H6N4O6/c1-8(11(16)17)5-3-2-4-6(9(12)13)7(5)10(14)15/h2-4H,1H3. The first-order chi connectivity index (χ1) is 7.86. The van der Waals surface area contributed by atoms with Crippen molar-refractivity contribution in [2.45, 2.75) is 0 Å². The lowest BCUT2D eigenvalue weighted by atomic mass is 10.2. The SMILES string of the molecule is CN(c1cccc([N+](=O)[O-])c1[N+](=O)[O-])[N+](=O)[O-]. The van der Waals surface area contributed by atoms with Crippen molar-refractivity contribution < 1.29 is 14.9 Å². The zero-order valence-corrected chi connectivity index (χ0v) is 8.47. The molecule has 0 saturated heterocycles. The maximum atomic E-state index is 10.7. The number of nitro benzene ring substituents is 2. The molecule has 1 aromatic carbocycles. The van der Waals surface area contributed by atoms with Crippen LogP contribution in [0.3, 0.4) is 0 Å². The fraction of sp³-hybridized carbons (Fsp3) is 0.143. The van der Waals surface area contributed by atoms with Gasteiger partial charge < -0.3 is 0 Å². The summed E-state index contributed by atoms with van der Waals surface area (Å²) in [6.07, 6.45) is 0. The van der Waals surface area contributed by atoms with Crippen LogP contribution < -0.4 is 5.01 Å². The molecule has 0 radical (unpaired) electrons. The highest BCUT2D eigenvalue weighted by Crippen LogP contribution is 2.36. The Hall–Kier alpha value is -2.78. The van der Waals surface area contributed by atoms with Gasteiger partial charge in [-0.2, -0.15) is 0 Å². The molecule has 0 aromatic heterocycles. The van der Waals surface area contributed by atoms with Gasteiger partial charge in [0.1, 0.15) is 0 Å². The van der Waals surface area contributed by atoms with Gasteiger partial charge in [-0.15, -0.1) is 0 Å². The largest absolute Gasteiger partial charge is 0.375 e. The summed E-state index contributed by atoms with van der Waals surface area (Å²) in [6, 6.07) is 3.11. The Morgan fingerprint density at radius 3 is 2.06 bits per heavy atom. The minimum atomic E-state index is -1.02. The van der Waals surface area contributed by atoms with E-state index in [0.29, 0.717) is 5.01 Å². The summed E-state index contributed by atoms with van der Waals surface area (Å²) < 4.78 is 0. The summed E-state index contributed by atoms with van der Waals surface area (Å²) in [7, 11) is 0.964. The lowest BCUT2D eigenvalue weighted by molar-refractivity contribution is -0.492. The average Bonchev–Trinajstić information content (AvgIpc) is 2.26. The van der Waals surface area contributed by atoms with Crippen molar-refractivity contribution in [1.82, 2.24) is 0 Å². The summed E-state index contributed by atoms with van der Waals surface area (Å²) in [6.45, 7) is 0. The first-order valence-corrected chi connectivity index (χ1v) is 4.16. The van der Waals surface area contributed by atoms with Crippen molar-refractivity contribution in [2.75, 3.05) is 12.1 Å². The molecule has 0 fully saturated rings. The van der Waals surface area contributed by atoms with Crippen LogP contribution in [0.25, 0.3) is 0 Å². The molecule has 0 heterocycles. The average molecular weight is 242 g/mol. The molecule has 10 nitrogen and oxygen atoms in total. The van der Waals surface area contributed by atoms with Gasteiger partial charge in [0.2, 0.25) is 0 Å². The predicted octanol–water partition coefficient (Wildman–Crippen LogP) is 1.13. The molecular weight excluding hydrogens is 236 g/mol. The van der Waals surface area contributed by atoms with Gasteiger partial charge in [-0.25, -0.2) is 10.1 Å². The molecule has 1 aromatic rings. The van der Waals surface area contributed by atoms with Crippen LogP contribution in [0.2, 0.25) is 0 Å². The zero-order chi connectivity index (χ0) is 13.2.